The Balaban J connectivity index is 1.56. The van der Waals surface area contributed by atoms with E-state index < -0.39 is 0 Å². The summed E-state index contributed by atoms with van der Waals surface area (Å²) in [5, 5.41) is 12.8. The van der Waals surface area contributed by atoms with Crippen molar-refractivity contribution in [1.29, 1.82) is 0 Å². The lowest BCUT2D eigenvalue weighted by atomic mass is 9.91. The van der Waals surface area contributed by atoms with Gasteiger partial charge in [-0.05, 0) is 70.7 Å². The van der Waals surface area contributed by atoms with Crippen LogP contribution in [0, 0.1) is 5.82 Å². The van der Waals surface area contributed by atoms with Crippen LogP contribution < -0.4 is 21.3 Å². The summed E-state index contributed by atoms with van der Waals surface area (Å²) in [5.74, 6) is 0.804. The minimum atomic E-state index is -0.312. The van der Waals surface area contributed by atoms with E-state index in [4.69, 9.17) is 14.7 Å². The summed E-state index contributed by atoms with van der Waals surface area (Å²) in [6.07, 6.45) is 3.49. The zero-order chi connectivity index (χ0) is 26.4. The lowest BCUT2D eigenvalue weighted by molar-refractivity contribution is 0.190. The molecule has 0 radical (unpaired) electrons. The third kappa shape index (κ3) is 7.25. The number of hydrogen-bond acceptors (Lipinski definition) is 7. The lowest BCUT2D eigenvalue weighted by Crippen LogP contribution is -2.46. The van der Waals surface area contributed by atoms with Crippen molar-refractivity contribution in [2.75, 3.05) is 24.4 Å². The van der Waals surface area contributed by atoms with E-state index in [1.54, 1.807) is 13.2 Å². The second kappa shape index (κ2) is 12.1. The first-order valence-corrected chi connectivity index (χ1v) is 12.8. The Bertz CT molecular complexity index is 1210. The number of methoxy groups -OCH3 is 1. The molecule has 198 valence electrons. The summed E-state index contributed by atoms with van der Waals surface area (Å²) >= 11 is 0. The molecule has 0 unspecified atom stereocenters. The van der Waals surface area contributed by atoms with Gasteiger partial charge in [0.05, 0.1) is 17.8 Å². The van der Waals surface area contributed by atoms with Crippen molar-refractivity contribution >= 4 is 28.8 Å². The monoisotopic (exact) mass is 509 g/mol. The number of benzene rings is 1. The SMILES string of the molecule is COC[C@@H](C)Nc1nc(NC2CCC(NC(=O)NC(C)C)CC2)c2nc(-c3cccc(F)c3)ccc2n1. The number of anilines is 2. The summed E-state index contributed by atoms with van der Waals surface area (Å²) in [7, 11) is 1.65. The molecule has 1 saturated carbocycles. The highest BCUT2D eigenvalue weighted by atomic mass is 19.1. The molecule has 0 saturated heterocycles. The number of amides is 2. The fourth-order valence-electron chi connectivity index (χ4n) is 4.56. The molecule has 1 aliphatic rings. The first kappa shape index (κ1) is 26.5. The van der Waals surface area contributed by atoms with Gasteiger partial charge in [0.25, 0.3) is 0 Å². The average molecular weight is 510 g/mol. The van der Waals surface area contributed by atoms with Crippen LogP contribution in [0.4, 0.5) is 21.0 Å². The number of nitrogens with one attached hydrogen (secondary N) is 4. The Morgan fingerprint density at radius 2 is 1.81 bits per heavy atom. The van der Waals surface area contributed by atoms with Crippen LogP contribution in [0.15, 0.2) is 36.4 Å². The molecule has 0 aliphatic heterocycles. The van der Waals surface area contributed by atoms with Gasteiger partial charge in [-0.3, -0.25) is 0 Å². The van der Waals surface area contributed by atoms with E-state index in [-0.39, 0.29) is 36.0 Å². The van der Waals surface area contributed by atoms with Crippen LogP contribution in [-0.2, 0) is 4.74 Å². The van der Waals surface area contributed by atoms with Gasteiger partial charge in [-0.25, -0.2) is 19.2 Å². The predicted molar refractivity (Wildman–Crippen MR) is 144 cm³/mol. The first-order chi connectivity index (χ1) is 17.8. The molecular weight excluding hydrogens is 473 g/mol. The third-order valence-electron chi connectivity index (χ3n) is 6.28. The number of pyridine rings is 1. The van der Waals surface area contributed by atoms with E-state index in [1.807, 2.05) is 39.0 Å². The molecule has 4 N–H and O–H groups in total. The molecule has 10 heteroatoms. The Hall–Kier alpha value is -3.53. The van der Waals surface area contributed by atoms with Crippen LogP contribution in [0.3, 0.4) is 0 Å². The second-order valence-electron chi connectivity index (χ2n) is 9.94. The molecule has 2 heterocycles. The number of hydrogen-bond donors (Lipinski definition) is 4. The number of carbonyl (C=O) groups excluding carboxylic acids is 1. The van der Waals surface area contributed by atoms with Crippen LogP contribution in [0.25, 0.3) is 22.3 Å². The highest BCUT2D eigenvalue weighted by molar-refractivity contribution is 5.88. The van der Waals surface area contributed by atoms with Gasteiger partial charge in [0.2, 0.25) is 5.95 Å². The molecule has 0 bridgehead atoms. The van der Waals surface area contributed by atoms with Gasteiger partial charge in [-0.2, -0.15) is 4.98 Å². The number of nitrogens with zero attached hydrogens (tertiary/aromatic N) is 3. The lowest BCUT2D eigenvalue weighted by Gasteiger charge is -2.30. The number of aromatic nitrogens is 3. The molecule has 1 atom stereocenters. The molecule has 1 aromatic carbocycles. The van der Waals surface area contributed by atoms with Crippen molar-refractivity contribution in [2.45, 2.75) is 70.6 Å². The normalized spacial score (nSPS) is 18.4. The van der Waals surface area contributed by atoms with Gasteiger partial charge in [-0.15, -0.1) is 0 Å². The molecule has 3 aromatic rings. The zero-order valence-corrected chi connectivity index (χ0v) is 21.8. The fraction of sp³-hybridized carbons (Fsp3) is 0.481. The number of fused-ring (bicyclic) bond motifs is 1. The van der Waals surface area contributed by atoms with Gasteiger partial charge >= 0.3 is 6.03 Å². The van der Waals surface area contributed by atoms with Crippen molar-refractivity contribution in [3.63, 3.8) is 0 Å². The van der Waals surface area contributed by atoms with Gasteiger partial charge in [0.1, 0.15) is 11.3 Å². The maximum Gasteiger partial charge on any atom is 0.315 e. The molecule has 37 heavy (non-hydrogen) atoms. The minimum Gasteiger partial charge on any atom is -0.383 e. The van der Waals surface area contributed by atoms with Crippen molar-refractivity contribution in [3.05, 3.63) is 42.2 Å². The summed E-state index contributed by atoms with van der Waals surface area (Å²) in [6, 6.07) is 10.4. The quantitative estimate of drug-likeness (QED) is 0.330. The largest absolute Gasteiger partial charge is 0.383 e. The Kier molecular flexibility index (Phi) is 8.70. The van der Waals surface area contributed by atoms with E-state index in [9.17, 15) is 9.18 Å². The van der Waals surface area contributed by atoms with Gasteiger partial charge in [0, 0.05) is 36.8 Å². The number of urea groups is 1. The highest BCUT2D eigenvalue weighted by Crippen LogP contribution is 2.28. The van der Waals surface area contributed by atoms with Crippen LogP contribution >= 0.6 is 0 Å². The summed E-state index contributed by atoms with van der Waals surface area (Å²) in [6.45, 7) is 6.40. The number of rotatable bonds is 9. The smallest absolute Gasteiger partial charge is 0.315 e. The van der Waals surface area contributed by atoms with Gasteiger partial charge in [-0.1, -0.05) is 12.1 Å². The molecule has 9 nitrogen and oxygen atoms in total. The zero-order valence-electron chi connectivity index (χ0n) is 21.8. The topological polar surface area (TPSA) is 113 Å². The van der Waals surface area contributed by atoms with Gasteiger partial charge < -0.3 is 26.0 Å². The Morgan fingerprint density at radius 3 is 2.51 bits per heavy atom. The summed E-state index contributed by atoms with van der Waals surface area (Å²) in [4.78, 5) is 26.3. The number of carbonyl (C=O) groups is 1. The first-order valence-electron chi connectivity index (χ1n) is 12.8. The standard InChI is InChI=1S/C27H36FN7O2/c1-16(2)29-27(36)32-21-10-8-20(9-11-21)31-25-24-23(34-26(35-25)30-17(3)15-37-4)13-12-22(33-24)18-6-5-7-19(28)14-18/h5-7,12-14,16-17,20-21H,8-11,15H2,1-4H3,(H2,29,32,36)(H2,30,31,34,35)/t17-,20?,21?/m1/s1. The molecule has 2 amide bonds. The van der Waals surface area contributed by atoms with Gasteiger partial charge in [0.15, 0.2) is 5.82 Å². The molecule has 1 aliphatic carbocycles. The van der Waals surface area contributed by atoms with E-state index >= 15 is 0 Å². The van der Waals surface area contributed by atoms with Crippen molar-refractivity contribution in [2.24, 2.45) is 0 Å². The predicted octanol–water partition coefficient (Wildman–Crippen LogP) is 4.71. The van der Waals surface area contributed by atoms with Crippen molar-refractivity contribution in [3.8, 4) is 11.3 Å². The maximum absolute atomic E-state index is 13.9. The Morgan fingerprint density at radius 1 is 1.05 bits per heavy atom. The van der Waals surface area contributed by atoms with E-state index in [0.717, 1.165) is 25.7 Å². The molecular formula is C27H36FN7O2. The molecule has 1 fully saturated rings. The third-order valence-corrected chi connectivity index (χ3v) is 6.28. The number of ether oxygens (including phenoxy) is 1. The van der Waals surface area contributed by atoms with Crippen molar-refractivity contribution < 1.29 is 13.9 Å². The Labute approximate surface area is 217 Å². The minimum absolute atomic E-state index is 0.0216. The van der Waals surface area contributed by atoms with Crippen LogP contribution in [0.5, 0.6) is 0 Å². The van der Waals surface area contributed by atoms with Crippen LogP contribution in [0.2, 0.25) is 0 Å². The van der Waals surface area contributed by atoms with Crippen LogP contribution in [-0.4, -0.2) is 58.9 Å². The van der Waals surface area contributed by atoms with Crippen molar-refractivity contribution in [1.82, 2.24) is 25.6 Å². The van der Waals surface area contributed by atoms with E-state index in [2.05, 4.69) is 26.3 Å². The fourth-order valence-corrected chi connectivity index (χ4v) is 4.56. The molecule has 4 rings (SSSR count). The molecule has 0 spiro atoms. The van der Waals surface area contributed by atoms with E-state index in [1.165, 1.54) is 12.1 Å². The highest BCUT2D eigenvalue weighted by Gasteiger charge is 2.24. The summed E-state index contributed by atoms with van der Waals surface area (Å²) in [5.41, 5.74) is 2.65. The van der Waals surface area contributed by atoms with Crippen LogP contribution in [0.1, 0.15) is 46.5 Å². The summed E-state index contributed by atoms with van der Waals surface area (Å²) < 4.78 is 19.1. The molecule has 2 aromatic heterocycles. The van der Waals surface area contributed by atoms with E-state index in [0.29, 0.717) is 40.7 Å². The average Bonchev–Trinajstić information content (AvgIpc) is 2.84. The number of halogens is 1. The second-order valence-corrected chi connectivity index (χ2v) is 9.94. The maximum atomic E-state index is 13.9.